The summed E-state index contributed by atoms with van der Waals surface area (Å²) in [6.07, 6.45) is 3.89. The van der Waals surface area contributed by atoms with Crippen LogP contribution in [-0.2, 0) is 21.2 Å². The summed E-state index contributed by atoms with van der Waals surface area (Å²) >= 11 is 2.75. The molecule has 3 aromatic carbocycles. The average Bonchev–Trinajstić information content (AvgIpc) is 3.94. The summed E-state index contributed by atoms with van der Waals surface area (Å²) in [6, 6.07) is 25.2. The van der Waals surface area contributed by atoms with E-state index in [-0.39, 0.29) is 35.5 Å². The number of aliphatic hydroxyl groups is 1. The van der Waals surface area contributed by atoms with E-state index in [1.165, 1.54) is 27.0 Å². The van der Waals surface area contributed by atoms with Gasteiger partial charge >= 0.3 is 0 Å². The highest BCUT2D eigenvalue weighted by atomic mass is 32.2. The van der Waals surface area contributed by atoms with E-state index >= 15 is 0 Å². The number of carbonyl (C=O) groups excluding carboxylic acids is 2. The third-order valence-electron chi connectivity index (χ3n) is 8.64. The van der Waals surface area contributed by atoms with Crippen molar-refractivity contribution in [3.05, 3.63) is 135 Å². The van der Waals surface area contributed by atoms with Gasteiger partial charge in [-0.3, -0.25) is 14.7 Å². The van der Waals surface area contributed by atoms with Crippen LogP contribution in [0.2, 0.25) is 0 Å². The van der Waals surface area contributed by atoms with Gasteiger partial charge in [-0.2, -0.15) is 9.40 Å². The third-order valence-corrected chi connectivity index (χ3v) is 12.6. The molecule has 6 aromatic rings. The van der Waals surface area contributed by atoms with Gasteiger partial charge in [0, 0.05) is 40.4 Å². The van der Waals surface area contributed by atoms with Crippen molar-refractivity contribution in [3.8, 4) is 0 Å². The Morgan fingerprint density at radius 1 is 0.961 bits per heavy atom. The lowest BCUT2D eigenvalue weighted by Crippen LogP contribution is -2.45. The molecule has 0 radical (unpaired) electrons. The zero-order valence-electron chi connectivity index (χ0n) is 28.2. The number of thiazole rings is 1. The maximum atomic E-state index is 14.2. The van der Waals surface area contributed by atoms with Gasteiger partial charge in [0.25, 0.3) is 5.91 Å². The molecule has 13 heteroatoms. The Morgan fingerprint density at radius 3 is 2.39 bits per heavy atom. The van der Waals surface area contributed by atoms with Gasteiger partial charge in [-0.05, 0) is 65.9 Å². The molecule has 0 aliphatic heterocycles. The van der Waals surface area contributed by atoms with Crippen LogP contribution in [0, 0.1) is 5.92 Å². The number of aromatic nitrogens is 3. The number of thiophene rings is 1. The van der Waals surface area contributed by atoms with Gasteiger partial charge in [-0.15, -0.1) is 22.7 Å². The molecular weight excluding hydrogens is 703 g/mol. The number of hydrogen-bond donors (Lipinski definition) is 3. The van der Waals surface area contributed by atoms with E-state index in [1.807, 2.05) is 62.4 Å². The van der Waals surface area contributed by atoms with Gasteiger partial charge in [-0.25, -0.2) is 13.4 Å². The van der Waals surface area contributed by atoms with Crippen LogP contribution >= 0.6 is 22.7 Å². The van der Waals surface area contributed by atoms with Crippen LogP contribution < -0.4 is 5.32 Å². The number of aromatic amines is 1. The first kappa shape index (κ1) is 36.3. The molecule has 3 aromatic heterocycles. The van der Waals surface area contributed by atoms with Gasteiger partial charge in [-0.1, -0.05) is 62.4 Å². The number of carbonyl (C=O) groups is 2. The van der Waals surface area contributed by atoms with Crippen molar-refractivity contribution in [2.24, 2.45) is 5.92 Å². The number of benzene rings is 3. The van der Waals surface area contributed by atoms with E-state index < -0.39 is 34.6 Å². The van der Waals surface area contributed by atoms with Crippen molar-refractivity contribution in [1.29, 1.82) is 0 Å². The number of amides is 1. The fraction of sp³-hybridized carbons (Fsp3) is 0.263. The van der Waals surface area contributed by atoms with Gasteiger partial charge in [0.05, 0.1) is 45.5 Å². The van der Waals surface area contributed by atoms with E-state index in [0.29, 0.717) is 16.9 Å². The quantitative estimate of drug-likeness (QED) is 0.101. The Labute approximate surface area is 305 Å². The van der Waals surface area contributed by atoms with E-state index in [2.05, 4.69) is 20.5 Å². The molecule has 0 aliphatic rings. The van der Waals surface area contributed by atoms with Crippen LogP contribution in [0.1, 0.15) is 63.5 Å². The number of fused-ring (bicyclic) bond motifs is 1. The highest BCUT2D eigenvalue weighted by Crippen LogP contribution is 2.35. The molecule has 0 saturated heterocycles. The molecule has 0 bridgehead atoms. The number of Topliss-reactive ketones (excluding diaryl/α,β-unsaturated/α-hetero) is 1. The monoisotopic (exact) mass is 741 g/mol. The first-order valence-corrected chi connectivity index (χ1v) is 19.8. The molecule has 264 valence electrons. The van der Waals surface area contributed by atoms with Crippen LogP contribution in [0.15, 0.2) is 114 Å². The SMILES string of the molecule is CC(C)CN(C(CO)c1ccc(CCC(=O)C(NC(=O)c2ccccc2)C(c2ccccc2)c2cn[nH]c2)s1)S(=O)(=O)c1ccc2ncsc2c1. The number of aryl methyl sites for hydroxylation is 1. The zero-order valence-corrected chi connectivity index (χ0v) is 30.6. The first-order valence-electron chi connectivity index (χ1n) is 16.6. The molecule has 3 atom stereocenters. The summed E-state index contributed by atoms with van der Waals surface area (Å²) in [4.78, 5) is 33.6. The first-order chi connectivity index (χ1) is 24.7. The van der Waals surface area contributed by atoms with Crippen molar-refractivity contribution in [3.63, 3.8) is 0 Å². The molecule has 0 aliphatic carbocycles. The summed E-state index contributed by atoms with van der Waals surface area (Å²) in [5.74, 6) is -1.02. The van der Waals surface area contributed by atoms with Gasteiger partial charge < -0.3 is 10.4 Å². The van der Waals surface area contributed by atoms with Crippen molar-refractivity contribution < 1.29 is 23.1 Å². The Balaban J connectivity index is 1.25. The Kier molecular flexibility index (Phi) is 11.5. The fourth-order valence-corrected chi connectivity index (χ4v) is 9.91. The molecule has 3 unspecified atom stereocenters. The number of hydrogen-bond acceptors (Lipinski definition) is 9. The van der Waals surface area contributed by atoms with Crippen molar-refractivity contribution in [2.75, 3.05) is 13.2 Å². The Hall–Kier alpha value is -4.53. The lowest BCUT2D eigenvalue weighted by molar-refractivity contribution is -0.121. The average molecular weight is 742 g/mol. The molecule has 6 rings (SSSR count). The molecule has 0 fully saturated rings. The molecule has 10 nitrogen and oxygen atoms in total. The summed E-state index contributed by atoms with van der Waals surface area (Å²) in [5, 5.41) is 20.6. The minimum absolute atomic E-state index is 0.00571. The van der Waals surface area contributed by atoms with Gasteiger partial charge in [0.15, 0.2) is 5.78 Å². The number of rotatable bonds is 16. The standard InChI is InChI=1S/C38H39N5O5S3/c1-25(2)22-43(51(47,48)30-15-16-31-35(19-30)49-24-39-31)32(23-44)34-18-14-29(50-34)13-17-33(45)37(42-38(46)27-11-7-4-8-12-27)36(28-20-40-41-21-28)26-9-5-3-6-10-26/h3-12,14-16,18-21,24-25,32,36-37,44H,13,17,22-23H2,1-2H3,(H,40,41)(H,42,46). The van der Waals surface area contributed by atoms with Crippen LogP contribution in [0.25, 0.3) is 10.2 Å². The highest BCUT2D eigenvalue weighted by Gasteiger charge is 2.35. The summed E-state index contributed by atoms with van der Waals surface area (Å²) in [5.41, 5.74) is 4.47. The van der Waals surface area contributed by atoms with Gasteiger partial charge in [0.2, 0.25) is 10.0 Å². The molecule has 1 amide bonds. The molecule has 0 saturated carbocycles. The number of nitrogens with zero attached hydrogens (tertiary/aromatic N) is 3. The van der Waals surface area contributed by atoms with E-state index in [4.69, 9.17) is 0 Å². The van der Waals surface area contributed by atoms with Crippen LogP contribution in [0.3, 0.4) is 0 Å². The minimum atomic E-state index is -3.99. The molecular formula is C38H39N5O5S3. The van der Waals surface area contributed by atoms with Crippen LogP contribution in [0.4, 0.5) is 0 Å². The second-order valence-corrected chi connectivity index (χ2v) is 16.6. The predicted octanol–water partition coefficient (Wildman–Crippen LogP) is 6.59. The second kappa shape index (κ2) is 16.2. The van der Waals surface area contributed by atoms with E-state index in [9.17, 15) is 23.1 Å². The van der Waals surface area contributed by atoms with Crippen LogP contribution in [0.5, 0.6) is 0 Å². The van der Waals surface area contributed by atoms with Crippen molar-refractivity contribution >= 4 is 54.6 Å². The van der Waals surface area contributed by atoms with E-state index in [1.54, 1.807) is 60.4 Å². The molecule has 0 spiro atoms. The summed E-state index contributed by atoms with van der Waals surface area (Å²) < 4.78 is 30.3. The van der Waals surface area contributed by atoms with Crippen molar-refractivity contribution in [1.82, 2.24) is 24.8 Å². The highest BCUT2D eigenvalue weighted by molar-refractivity contribution is 7.89. The number of H-pyrrole nitrogens is 1. The van der Waals surface area contributed by atoms with Crippen LogP contribution in [-0.4, -0.2) is 63.9 Å². The maximum absolute atomic E-state index is 14.2. The predicted molar refractivity (Wildman–Crippen MR) is 200 cm³/mol. The number of ketones is 1. The smallest absolute Gasteiger partial charge is 0.251 e. The zero-order chi connectivity index (χ0) is 36.0. The molecule has 3 N–H and O–H groups in total. The Bertz CT molecular complexity index is 2170. The number of nitrogens with one attached hydrogen (secondary N) is 2. The maximum Gasteiger partial charge on any atom is 0.251 e. The third kappa shape index (κ3) is 8.35. The topological polar surface area (TPSA) is 145 Å². The Morgan fingerprint density at radius 2 is 1.71 bits per heavy atom. The second-order valence-electron chi connectivity index (χ2n) is 12.7. The summed E-state index contributed by atoms with van der Waals surface area (Å²) in [7, 11) is -3.99. The molecule has 3 heterocycles. The van der Waals surface area contributed by atoms with E-state index in [0.717, 1.165) is 26.2 Å². The van der Waals surface area contributed by atoms with Gasteiger partial charge in [0.1, 0.15) is 0 Å². The normalized spacial score (nSPS) is 13.7. The number of sulfonamides is 1. The largest absolute Gasteiger partial charge is 0.394 e. The fourth-order valence-electron chi connectivity index (χ4n) is 6.15. The number of aliphatic hydroxyl groups excluding tert-OH is 1. The van der Waals surface area contributed by atoms with Crippen molar-refractivity contribution in [2.45, 2.75) is 49.6 Å². The minimum Gasteiger partial charge on any atom is -0.394 e. The lowest BCUT2D eigenvalue weighted by Gasteiger charge is -2.30. The summed E-state index contributed by atoms with van der Waals surface area (Å²) in [6.45, 7) is 3.67. The molecule has 51 heavy (non-hydrogen) atoms. The lowest BCUT2D eigenvalue weighted by atomic mass is 9.83.